The van der Waals surface area contributed by atoms with E-state index >= 15 is 0 Å². The molecule has 3 nitrogen and oxygen atoms in total. The molecule has 3 atom stereocenters. The van der Waals surface area contributed by atoms with Gasteiger partial charge >= 0.3 is 5.97 Å². The van der Waals surface area contributed by atoms with Crippen LogP contribution in [0.4, 0.5) is 0 Å². The summed E-state index contributed by atoms with van der Waals surface area (Å²) < 4.78 is 0. The van der Waals surface area contributed by atoms with Gasteiger partial charge in [0.15, 0.2) is 0 Å². The topological polar surface area (TPSA) is 49.3 Å². The minimum atomic E-state index is -0.771. The smallest absolute Gasteiger partial charge is 0.310 e. The van der Waals surface area contributed by atoms with Gasteiger partial charge in [-0.1, -0.05) is 50.5 Å². The zero-order valence-electron chi connectivity index (χ0n) is 13.1. The molecule has 1 aliphatic carbocycles. The van der Waals surface area contributed by atoms with Crippen molar-refractivity contribution in [3.05, 3.63) is 35.4 Å². The van der Waals surface area contributed by atoms with Crippen molar-refractivity contribution in [2.45, 2.75) is 52.0 Å². The predicted molar refractivity (Wildman–Crippen MR) is 85.3 cm³/mol. The molecule has 3 unspecified atom stereocenters. The van der Waals surface area contributed by atoms with Gasteiger partial charge in [-0.15, -0.1) is 0 Å². The van der Waals surface area contributed by atoms with Crippen molar-refractivity contribution < 1.29 is 9.90 Å². The molecule has 0 heterocycles. The highest BCUT2D eigenvalue weighted by Gasteiger charge is 2.20. The molecule has 0 spiro atoms. The van der Waals surface area contributed by atoms with Gasteiger partial charge in [0.1, 0.15) is 0 Å². The molecular formula is C18H27NO2. The molecule has 0 bridgehead atoms. The Hall–Kier alpha value is -1.35. The van der Waals surface area contributed by atoms with Crippen LogP contribution < -0.4 is 5.32 Å². The molecule has 0 amide bonds. The number of nitrogens with one attached hydrogen (secondary N) is 1. The Kier molecular flexibility index (Phi) is 5.80. The van der Waals surface area contributed by atoms with E-state index in [2.05, 4.69) is 12.2 Å². The second kappa shape index (κ2) is 7.60. The molecule has 0 aliphatic heterocycles. The fourth-order valence-electron chi connectivity index (χ4n) is 3.16. The van der Waals surface area contributed by atoms with Crippen molar-refractivity contribution in [1.29, 1.82) is 0 Å². The van der Waals surface area contributed by atoms with Crippen LogP contribution in [-0.4, -0.2) is 17.6 Å². The van der Waals surface area contributed by atoms with E-state index in [0.717, 1.165) is 30.5 Å². The molecular weight excluding hydrogens is 262 g/mol. The molecule has 1 aromatic rings. The third kappa shape index (κ3) is 4.57. The van der Waals surface area contributed by atoms with E-state index in [0.29, 0.717) is 0 Å². The molecule has 1 aromatic carbocycles. The number of carboxylic acids is 1. The Bertz CT molecular complexity index is 455. The lowest BCUT2D eigenvalue weighted by molar-refractivity contribution is -0.138. The maximum atomic E-state index is 11.0. The van der Waals surface area contributed by atoms with Crippen LogP contribution in [0.15, 0.2) is 24.3 Å². The zero-order valence-corrected chi connectivity index (χ0v) is 13.1. The first-order valence-corrected chi connectivity index (χ1v) is 8.10. The second-order valence-electron chi connectivity index (χ2n) is 6.45. The van der Waals surface area contributed by atoms with E-state index in [1.807, 2.05) is 24.3 Å². The van der Waals surface area contributed by atoms with Crippen molar-refractivity contribution in [2.75, 3.05) is 6.54 Å². The van der Waals surface area contributed by atoms with Crippen molar-refractivity contribution >= 4 is 5.97 Å². The van der Waals surface area contributed by atoms with E-state index in [1.165, 1.54) is 31.2 Å². The van der Waals surface area contributed by atoms with Gasteiger partial charge in [-0.2, -0.15) is 0 Å². The van der Waals surface area contributed by atoms with Gasteiger partial charge in [-0.25, -0.2) is 0 Å². The maximum Gasteiger partial charge on any atom is 0.310 e. The summed E-state index contributed by atoms with van der Waals surface area (Å²) in [7, 11) is 0. The fraction of sp³-hybridized carbons (Fsp3) is 0.611. The molecule has 21 heavy (non-hydrogen) atoms. The van der Waals surface area contributed by atoms with Crippen LogP contribution in [0.1, 0.15) is 56.6 Å². The van der Waals surface area contributed by atoms with Crippen molar-refractivity contribution in [3.63, 3.8) is 0 Å². The van der Waals surface area contributed by atoms with Crippen LogP contribution in [0, 0.1) is 11.8 Å². The van der Waals surface area contributed by atoms with Gasteiger partial charge in [0.05, 0.1) is 5.92 Å². The van der Waals surface area contributed by atoms with Gasteiger partial charge < -0.3 is 10.4 Å². The molecule has 2 rings (SSSR count). The van der Waals surface area contributed by atoms with Crippen molar-refractivity contribution in [1.82, 2.24) is 5.32 Å². The van der Waals surface area contributed by atoms with Crippen LogP contribution in [0.5, 0.6) is 0 Å². The normalized spacial score (nSPS) is 23.7. The molecule has 116 valence electrons. The van der Waals surface area contributed by atoms with Gasteiger partial charge in [-0.05, 0) is 42.9 Å². The Morgan fingerprint density at radius 1 is 1.29 bits per heavy atom. The summed E-state index contributed by atoms with van der Waals surface area (Å²) in [5, 5.41) is 12.6. The third-order valence-electron chi connectivity index (χ3n) is 4.87. The Balaban J connectivity index is 1.79. The summed E-state index contributed by atoms with van der Waals surface area (Å²) in [5.41, 5.74) is 2.09. The van der Waals surface area contributed by atoms with E-state index < -0.39 is 11.9 Å². The van der Waals surface area contributed by atoms with Crippen LogP contribution in [-0.2, 0) is 11.3 Å². The third-order valence-corrected chi connectivity index (χ3v) is 4.87. The van der Waals surface area contributed by atoms with Gasteiger partial charge in [0.25, 0.3) is 0 Å². The molecule has 1 fully saturated rings. The highest BCUT2D eigenvalue weighted by atomic mass is 16.4. The van der Waals surface area contributed by atoms with E-state index in [4.69, 9.17) is 5.11 Å². The number of hydrogen-bond acceptors (Lipinski definition) is 2. The molecule has 1 saturated carbocycles. The molecule has 1 aliphatic rings. The summed E-state index contributed by atoms with van der Waals surface area (Å²) in [5.74, 6) is 0.442. The Morgan fingerprint density at radius 3 is 2.57 bits per heavy atom. The van der Waals surface area contributed by atoms with E-state index in [9.17, 15) is 4.79 Å². The molecule has 0 radical (unpaired) electrons. The van der Waals surface area contributed by atoms with E-state index in [-0.39, 0.29) is 0 Å². The average molecular weight is 289 g/mol. The number of carboxylic acid groups (broad SMARTS) is 1. The monoisotopic (exact) mass is 289 g/mol. The lowest BCUT2D eigenvalue weighted by Gasteiger charge is -2.28. The standard InChI is InChI=1S/C18H27NO2/c1-13-5-3-4-6-17(13)12-19-11-15-7-9-16(10-8-15)14(2)18(20)21/h7-10,13-14,17,19H,3-6,11-12H2,1-2H3,(H,20,21). The minimum absolute atomic E-state index is 0.435. The van der Waals surface area contributed by atoms with Crippen molar-refractivity contribution in [2.24, 2.45) is 11.8 Å². The lowest BCUT2D eigenvalue weighted by Crippen LogP contribution is -2.29. The molecule has 3 heteroatoms. The highest BCUT2D eigenvalue weighted by molar-refractivity contribution is 5.75. The minimum Gasteiger partial charge on any atom is -0.481 e. The lowest BCUT2D eigenvalue weighted by atomic mass is 9.80. The number of rotatable bonds is 6. The van der Waals surface area contributed by atoms with Crippen LogP contribution in [0.2, 0.25) is 0 Å². The van der Waals surface area contributed by atoms with E-state index in [1.54, 1.807) is 6.92 Å². The molecule has 2 N–H and O–H groups in total. The SMILES string of the molecule is CC(C(=O)O)c1ccc(CNCC2CCCCC2C)cc1. The second-order valence-corrected chi connectivity index (χ2v) is 6.45. The van der Waals surface area contributed by atoms with Gasteiger partial charge in [0, 0.05) is 6.54 Å². The molecule has 0 aromatic heterocycles. The summed E-state index contributed by atoms with van der Waals surface area (Å²) >= 11 is 0. The Labute approximate surface area is 127 Å². The number of benzene rings is 1. The zero-order chi connectivity index (χ0) is 15.2. The quantitative estimate of drug-likeness (QED) is 0.837. The number of aliphatic carboxylic acids is 1. The largest absolute Gasteiger partial charge is 0.481 e. The van der Waals surface area contributed by atoms with Crippen LogP contribution in [0.3, 0.4) is 0 Å². The number of carbonyl (C=O) groups is 1. The first-order chi connectivity index (χ1) is 10.1. The first-order valence-electron chi connectivity index (χ1n) is 8.10. The summed E-state index contributed by atoms with van der Waals surface area (Å²) in [6.07, 6.45) is 5.48. The summed E-state index contributed by atoms with van der Waals surface area (Å²) in [4.78, 5) is 11.0. The summed E-state index contributed by atoms with van der Waals surface area (Å²) in [6.45, 7) is 6.05. The fourth-order valence-corrected chi connectivity index (χ4v) is 3.16. The average Bonchev–Trinajstić information content (AvgIpc) is 2.49. The number of hydrogen-bond donors (Lipinski definition) is 2. The highest BCUT2D eigenvalue weighted by Crippen LogP contribution is 2.28. The first kappa shape index (κ1) is 16.0. The Morgan fingerprint density at radius 2 is 1.95 bits per heavy atom. The summed E-state index contributed by atoms with van der Waals surface area (Å²) in [6, 6.07) is 7.93. The molecule has 0 saturated heterocycles. The van der Waals surface area contributed by atoms with Gasteiger partial charge in [-0.3, -0.25) is 4.79 Å². The predicted octanol–water partition coefficient (Wildman–Crippen LogP) is 3.79. The van der Waals surface area contributed by atoms with Crippen LogP contribution >= 0.6 is 0 Å². The van der Waals surface area contributed by atoms with Gasteiger partial charge in [0.2, 0.25) is 0 Å². The van der Waals surface area contributed by atoms with Crippen molar-refractivity contribution in [3.8, 4) is 0 Å². The maximum absolute atomic E-state index is 11.0. The van der Waals surface area contributed by atoms with Crippen LogP contribution in [0.25, 0.3) is 0 Å².